The van der Waals surface area contributed by atoms with Crippen molar-refractivity contribution in [3.05, 3.63) is 0 Å². The first kappa shape index (κ1) is 37.4. The van der Waals surface area contributed by atoms with E-state index in [4.69, 9.17) is 10.3 Å². The molecule has 32 heavy (non-hydrogen) atoms. The van der Waals surface area contributed by atoms with Crippen LogP contribution in [-0.4, -0.2) is 95.7 Å². The van der Waals surface area contributed by atoms with Gasteiger partial charge in [0, 0.05) is 65.7 Å². The second-order valence-corrected chi connectivity index (χ2v) is 9.87. The number of rotatable bonds is 21. The van der Waals surface area contributed by atoms with Crippen LogP contribution < -0.4 is 11.1 Å². The van der Waals surface area contributed by atoms with Crippen molar-refractivity contribution < 1.29 is 22.6 Å². The van der Waals surface area contributed by atoms with Crippen LogP contribution in [0.15, 0.2) is 0 Å². The standard InChI is InChI=1S/C22H44N2O5S.2Na/c1-2-3-4-5-6-7-8-9-10-11-12-13-14-15-16-17-18-24-22(26)20(19-21(23)25)30(27,28)29;;/h20H,2-19H2,1H3,(H2,23,25)(H,24,26)(H,27,28,29);;. The van der Waals surface area contributed by atoms with E-state index in [-0.39, 0.29) is 59.1 Å². The Bertz CT molecular complexity index is 563. The summed E-state index contributed by atoms with van der Waals surface area (Å²) in [6, 6.07) is 0. The Morgan fingerprint density at radius 3 is 1.41 bits per heavy atom. The molecule has 0 aliphatic carbocycles. The average Bonchev–Trinajstić information content (AvgIpc) is 2.67. The molecule has 0 aromatic heterocycles. The van der Waals surface area contributed by atoms with Gasteiger partial charge < -0.3 is 11.1 Å². The Hall–Kier alpha value is 0.850. The van der Waals surface area contributed by atoms with Crippen molar-refractivity contribution in [1.29, 1.82) is 0 Å². The van der Waals surface area contributed by atoms with E-state index in [1.807, 2.05) is 0 Å². The second-order valence-electron chi connectivity index (χ2n) is 8.27. The quantitative estimate of drug-likeness (QED) is 0.127. The number of nitrogens with two attached hydrogens (primary N) is 1. The summed E-state index contributed by atoms with van der Waals surface area (Å²) in [7, 11) is -4.65. The minimum Gasteiger partial charge on any atom is -0.370 e. The van der Waals surface area contributed by atoms with Crippen molar-refractivity contribution >= 4 is 81.0 Å². The first-order valence-corrected chi connectivity index (χ1v) is 13.3. The van der Waals surface area contributed by atoms with Gasteiger partial charge >= 0.3 is 0 Å². The molecule has 0 aliphatic rings. The molecular formula is C22H44N2Na2O5S. The van der Waals surface area contributed by atoms with E-state index in [0.717, 1.165) is 19.3 Å². The molecule has 0 spiro atoms. The Morgan fingerprint density at radius 1 is 0.750 bits per heavy atom. The Labute approximate surface area is 240 Å². The number of nitrogens with one attached hydrogen (secondary N) is 1. The van der Waals surface area contributed by atoms with E-state index >= 15 is 0 Å². The van der Waals surface area contributed by atoms with E-state index in [2.05, 4.69) is 12.2 Å². The molecule has 0 aromatic carbocycles. The molecule has 2 radical (unpaired) electrons. The van der Waals surface area contributed by atoms with Gasteiger partial charge in [-0.15, -0.1) is 0 Å². The van der Waals surface area contributed by atoms with Gasteiger partial charge in [0.1, 0.15) is 0 Å². The molecular weight excluding hydrogens is 450 g/mol. The summed E-state index contributed by atoms with van der Waals surface area (Å²) in [5.41, 5.74) is 4.93. The fraction of sp³-hybridized carbons (Fsp3) is 0.909. The molecule has 180 valence electrons. The predicted octanol–water partition coefficient (Wildman–Crippen LogP) is 3.73. The maximum atomic E-state index is 11.8. The third-order valence-electron chi connectivity index (χ3n) is 5.37. The number of amides is 2. The fourth-order valence-electron chi connectivity index (χ4n) is 3.51. The normalized spacial score (nSPS) is 11.8. The molecule has 0 aliphatic heterocycles. The van der Waals surface area contributed by atoms with Crippen molar-refractivity contribution in [3.8, 4) is 0 Å². The number of hydrogen-bond acceptors (Lipinski definition) is 4. The maximum absolute atomic E-state index is 11.8. The van der Waals surface area contributed by atoms with Crippen LogP contribution in [0.1, 0.15) is 116 Å². The first-order valence-electron chi connectivity index (χ1n) is 11.8. The van der Waals surface area contributed by atoms with Crippen LogP contribution in [0.4, 0.5) is 0 Å². The van der Waals surface area contributed by atoms with Crippen LogP contribution in [0.25, 0.3) is 0 Å². The third kappa shape index (κ3) is 24.0. The van der Waals surface area contributed by atoms with E-state index in [0.29, 0.717) is 6.54 Å². The van der Waals surface area contributed by atoms with Gasteiger partial charge in [0.2, 0.25) is 11.8 Å². The van der Waals surface area contributed by atoms with Gasteiger partial charge in [-0.3, -0.25) is 14.1 Å². The topological polar surface area (TPSA) is 127 Å². The summed E-state index contributed by atoms with van der Waals surface area (Å²) in [5.74, 6) is -1.83. The van der Waals surface area contributed by atoms with E-state index in [1.165, 1.54) is 83.5 Å². The maximum Gasteiger partial charge on any atom is 0.277 e. The molecule has 0 fully saturated rings. The number of unbranched alkanes of at least 4 members (excludes halogenated alkanes) is 15. The van der Waals surface area contributed by atoms with Gasteiger partial charge in [0.15, 0.2) is 5.25 Å². The van der Waals surface area contributed by atoms with Crippen molar-refractivity contribution in [2.75, 3.05) is 6.54 Å². The summed E-state index contributed by atoms with van der Waals surface area (Å²) in [4.78, 5) is 22.7. The fourth-order valence-corrected chi connectivity index (χ4v) is 4.24. The number of hydrogen-bond donors (Lipinski definition) is 3. The summed E-state index contributed by atoms with van der Waals surface area (Å²) in [6.45, 7) is 2.57. The molecule has 7 nitrogen and oxygen atoms in total. The van der Waals surface area contributed by atoms with Crippen molar-refractivity contribution in [3.63, 3.8) is 0 Å². The summed E-state index contributed by atoms with van der Waals surface area (Å²) < 4.78 is 31.4. The summed E-state index contributed by atoms with van der Waals surface area (Å²) >= 11 is 0. The number of primary amides is 1. The molecule has 2 amide bonds. The van der Waals surface area contributed by atoms with Crippen molar-refractivity contribution in [2.24, 2.45) is 5.73 Å². The molecule has 0 rings (SSSR count). The molecule has 1 atom stereocenters. The summed E-state index contributed by atoms with van der Waals surface area (Å²) in [5, 5.41) is 0.635. The zero-order valence-corrected chi connectivity index (χ0v) is 25.7. The molecule has 0 aromatic rings. The van der Waals surface area contributed by atoms with Crippen LogP contribution in [0.2, 0.25) is 0 Å². The van der Waals surface area contributed by atoms with E-state index in [1.54, 1.807) is 0 Å². The van der Waals surface area contributed by atoms with Crippen molar-refractivity contribution in [2.45, 2.75) is 121 Å². The van der Waals surface area contributed by atoms with Crippen LogP contribution in [0.3, 0.4) is 0 Å². The van der Waals surface area contributed by atoms with Crippen LogP contribution >= 0.6 is 0 Å². The molecule has 0 saturated carbocycles. The third-order valence-corrected chi connectivity index (χ3v) is 6.47. The molecule has 1 unspecified atom stereocenters. The van der Waals surface area contributed by atoms with Gasteiger partial charge in [0.05, 0.1) is 6.42 Å². The molecule has 10 heteroatoms. The van der Waals surface area contributed by atoms with Crippen molar-refractivity contribution in [1.82, 2.24) is 5.32 Å². The zero-order chi connectivity index (χ0) is 22.7. The van der Waals surface area contributed by atoms with E-state index in [9.17, 15) is 18.0 Å². The molecule has 0 bridgehead atoms. The first-order chi connectivity index (χ1) is 14.3. The Kier molecular flexibility index (Phi) is 29.2. The van der Waals surface area contributed by atoms with Gasteiger partial charge in [-0.1, -0.05) is 103 Å². The zero-order valence-electron chi connectivity index (χ0n) is 20.9. The van der Waals surface area contributed by atoms with Gasteiger partial charge in [-0.05, 0) is 6.42 Å². The van der Waals surface area contributed by atoms with Crippen LogP contribution in [-0.2, 0) is 19.7 Å². The summed E-state index contributed by atoms with van der Waals surface area (Å²) in [6.07, 6.45) is 19.3. The average molecular weight is 495 g/mol. The number of carbonyl (C=O) groups is 2. The molecule has 4 N–H and O–H groups in total. The van der Waals surface area contributed by atoms with Gasteiger partial charge in [-0.2, -0.15) is 8.42 Å². The van der Waals surface area contributed by atoms with Crippen LogP contribution in [0.5, 0.6) is 0 Å². The minimum atomic E-state index is -4.65. The molecule has 0 saturated heterocycles. The number of carbonyl (C=O) groups excluding carboxylic acids is 2. The molecule has 0 heterocycles. The SMILES string of the molecule is CCCCCCCCCCCCCCCCCCNC(=O)C(CC(N)=O)S(=O)(=O)O.[Na].[Na]. The second kappa shape index (κ2) is 25.0. The Morgan fingerprint density at radius 2 is 1.09 bits per heavy atom. The predicted molar refractivity (Wildman–Crippen MR) is 133 cm³/mol. The van der Waals surface area contributed by atoms with Gasteiger partial charge in [-0.25, -0.2) is 0 Å². The largest absolute Gasteiger partial charge is 0.370 e. The monoisotopic (exact) mass is 494 g/mol. The Balaban J connectivity index is -0.00000420. The smallest absolute Gasteiger partial charge is 0.277 e. The van der Waals surface area contributed by atoms with Gasteiger partial charge in [0.25, 0.3) is 10.1 Å². The van der Waals surface area contributed by atoms with E-state index < -0.39 is 33.6 Å². The van der Waals surface area contributed by atoms with Crippen LogP contribution in [0, 0.1) is 0 Å². The minimum absolute atomic E-state index is 0.